The second-order valence-electron chi connectivity index (χ2n) is 9.28. The summed E-state index contributed by atoms with van der Waals surface area (Å²) >= 11 is 7.50. The van der Waals surface area contributed by atoms with E-state index in [1.807, 2.05) is 83.4 Å². The molecule has 3 aromatic carbocycles. The van der Waals surface area contributed by atoms with E-state index in [-0.39, 0.29) is 17.7 Å². The van der Waals surface area contributed by atoms with Gasteiger partial charge in [0.05, 0.1) is 5.75 Å². The number of hydrogen-bond donors (Lipinski definition) is 1. The Kier molecular flexibility index (Phi) is 8.12. The van der Waals surface area contributed by atoms with E-state index in [0.717, 1.165) is 29.2 Å². The Morgan fingerprint density at radius 1 is 0.973 bits per heavy atom. The largest absolute Gasteiger partial charge is 0.457 e. The first-order chi connectivity index (χ1) is 18.1. The molecule has 1 aliphatic carbocycles. The molecule has 6 nitrogen and oxygen atoms in total. The summed E-state index contributed by atoms with van der Waals surface area (Å²) in [4.78, 5) is 12.8. The van der Waals surface area contributed by atoms with Crippen molar-refractivity contribution in [3.05, 3.63) is 83.9 Å². The Bertz CT molecular complexity index is 1330. The minimum Gasteiger partial charge on any atom is -0.457 e. The lowest BCUT2D eigenvalue weighted by Gasteiger charge is -2.29. The van der Waals surface area contributed by atoms with Crippen molar-refractivity contribution >= 4 is 29.3 Å². The number of nitrogens with one attached hydrogen (secondary N) is 1. The number of carbonyl (C=O) groups excluding carboxylic acids is 1. The van der Waals surface area contributed by atoms with Crippen LogP contribution < -0.4 is 10.1 Å². The normalized spacial score (nSPS) is 17.4. The molecule has 8 heteroatoms. The van der Waals surface area contributed by atoms with Gasteiger partial charge < -0.3 is 10.1 Å². The number of hydrogen-bond acceptors (Lipinski definition) is 5. The molecule has 1 saturated carbocycles. The highest BCUT2D eigenvalue weighted by Crippen LogP contribution is 2.31. The molecule has 190 valence electrons. The number of rotatable bonds is 8. The van der Waals surface area contributed by atoms with Crippen molar-refractivity contribution < 1.29 is 9.53 Å². The standard InChI is InChI=1S/C29H29ClN4O2S/c1-20-7-5-6-10-26(20)31-27(35)19-37-29-33-32-28(21-11-13-22(30)14-12-21)34(29)23-15-17-25(18-16-23)36-24-8-3-2-4-9-24/h2-4,8-9,11-18,20,26H,5-7,10,19H2,1H3,(H,31,35)/t20-,26-/m0/s1. The van der Waals surface area contributed by atoms with Crippen LogP contribution >= 0.6 is 23.4 Å². The number of carbonyl (C=O) groups is 1. The molecular weight excluding hydrogens is 504 g/mol. The number of nitrogens with zero attached hydrogens (tertiary/aromatic N) is 3. The van der Waals surface area contributed by atoms with Crippen LogP contribution in [0.4, 0.5) is 0 Å². The van der Waals surface area contributed by atoms with Gasteiger partial charge >= 0.3 is 0 Å². The summed E-state index contributed by atoms with van der Waals surface area (Å²) in [6.07, 6.45) is 4.63. The third-order valence-corrected chi connectivity index (χ3v) is 7.78. The lowest BCUT2D eigenvalue weighted by atomic mass is 9.86. The van der Waals surface area contributed by atoms with Gasteiger partial charge in [0.2, 0.25) is 5.91 Å². The number of para-hydroxylation sites is 1. The molecule has 1 amide bonds. The van der Waals surface area contributed by atoms with E-state index in [0.29, 0.717) is 21.9 Å². The molecule has 1 N–H and O–H groups in total. The first kappa shape index (κ1) is 25.4. The molecular formula is C29H29ClN4O2S. The molecule has 0 saturated heterocycles. The number of amides is 1. The Morgan fingerprint density at radius 3 is 2.41 bits per heavy atom. The topological polar surface area (TPSA) is 69.0 Å². The van der Waals surface area contributed by atoms with E-state index in [4.69, 9.17) is 16.3 Å². The van der Waals surface area contributed by atoms with Gasteiger partial charge in [-0.15, -0.1) is 10.2 Å². The third-order valence-electron chi connectivity index (χ3n) is 6.60. The van der Waals surface area contributed by atoms with Crippen molar-refractivity contribution in [2.24, 2.45) is 5.92 Å². The second kappa shape index (κ2) is 11.8. The maximum absolute atomic E-state index is 12.8. The van der Waals surface area contributed by atoms with Crippen LogP contribution in [0.5, 0.6) is 11.5 Å². The Hall–Kier alpha value is -3.29. The van der Waals surface area contributed by atoms with E-state index in [1.54, 1.807) is 0 Å². The zero-order chi connectivity index (χ0) is 25.6. The zero-order valence-electron chi connectivity index (χ0n) is 20.6. The third kappa shape index (κ3) is 6.35. The second-order valence-corrected chi connectivity index (χ2v) is 10.7. The monoisotopic (exact) mass is 532 g/mol. The Labute approximate surface area is 226 Å². The average molecular weight is 533 g/mol. The first-order valence-corrected chi connectivity index (χ1v) is 13.9. The highest BCUT2D eigenvalue weighted by molar-refractivity contribution is 7.99. The van der Waals surface area contributed by atoms with E-state index in [2.05, 4.69) is 22.4 Å². The van der Waals surface area contributed by atoms with E-state index in [9.17, 15) is 4.79 Å². The predicted molar refractivity (Wildman–Crippen MR) is 149 cm³/mol. The van der Waals surface area contributed by atoms with E-state index < -0.39 is 0 Å². The maximum atomic E-state index is 12.8. The van der Waals surface area contributed by atoms with Gasteiger partial charge in [-0.2, -0.15) is 0 Å². The molecule has 1 heterocycles. The molecule has 0 radical (unpaired) electrons. The lowest BCUT2D eigenvalue weighted by Crippen LogP contribution is -2.41. The van der Waals surface area contributed by atoms with Gasteiger partial charge in [0.1, 0.15) is 11.5 Å². The summed E-state index contributed by atoms with van der Waals surface area (Å²) < 4.78 is 7.92. The van der Waals surface area contributed by atoms with Crippen molar-refractivity contribution in [1.82, 2.24) is 20.1 Å². The Morgan fingerprint density at radius 2 is 1.68 bits per heavy atom. The summed E-state index contributed by atoms with van der Waals surface area (Å²) in [6.45, 7) is 2.22. The minimum absolute atomic E-state index is 0.0259. The number of ether oxygens (including phenoxy) is 1. The van der Waals surface area contributed by atoms with Crippen LogP contribution in [0.25, 0.3) is 17.1 Å². The summed E-state index contributed by atoms with van der Waals surface area (Å²) in [6, 6.07) is 25.2. The Balaban J connectivity index is 1.37. The van der Waals surface area contributed by atoms with E-state index >= 15 is 0 Å². The van der Waals surface area contributed by atoms with Gasteiger partial charge in [0, 0.05) is 22.3 Å². The highest BCUT2D eigenvalue weighted by atomic mass is 35.5. The number of halogens is 1. The number of aromatic nitrogens is 3. The molecule has 0 unspecified atom stereocenters. The summed E-state index contributed by atoms with van der Waals surface area (Å²) in [5, 5.41) is 13.4. The quantitative estimate of drug-likeness (QED) is 0.244. The van der Waals surface area contributed by atoms with Crippen molar-refractivity contribution in [2.75, 3.05) is 5.75 Å². The maximum Gasteiger partial charge on any atom is 0.230 e. The van der Waals surface area contributed by atoms with Crippen LogP contribution in [0.15, 0.2) is 84.0 Å². The van der Waals surface area contributed by atoms with Crippen LogP contribution in [0.2, 0.25) is 5.02 Å². The lowest BCUT2D eigenvalue weighted by molar-refractivity contribution is -0.119. The summed E-state index contributed by atoms with van der Waals surface area (Å²) in [7, 11) is 0. The van der Waals surface area contributed by atoms with Gasteiger partial charge in [0.15, 0.2) is 11.0 Å². The molecule has 1 aromatic heterocycles. The van der Waals surface area contributed by atoms with E-state index in [1.165, 1.54) is 31.0 Å². The molecule has 4 aromatic rings. The molecule has 2 atom stereocenters. The fourth-order valence-corrected chi connectivity index (χ4v) is 5.47. The molecule has 1 fully saturated rings. The molecule has 1 aliphatic rings. The summed E-state index contributed by atoms with van der Waals surface area (Å²) in [5.74, 6) is 2.99. The molecule has 0 aliphatic heterocycles. The molecule has 0 bridgehead atoms. The van der Waals surface area contributed by atoms with Crippen LogP contribution in [-0.4, -0.2) is 32.5 Å². The SMILES string of the molecule is C[C@H]1CCCC[C@@H]1NC(=O)CSc1nnc(-c2ccc(Cl)cc2)n1-c1ccc(Oc2ccccc2)cc1. The van der Waals surface area contributed by atoms with Crippen LogP contribution in [0.1, 0.15) is 32.6 Å². The minimum atomic E-state index is 0.0259. The van der Waals surface area contributed by atoms with Crippen molar-refractivity contribution in [3.8, 4) is 28.6 Å². The van der Waals surface area contributed by atoms with Gasteiger partial charge in [0.25, 0.3) is 0 Å². The average Bonchev–Trinajstić information content (AvgIpc) is 3.34. The predicted octanol–water partition coefficient (Wildman–Crippen LogP) is 7.17. The molecule has 5 rings (SSSR count). The van der Waals surface area contributed by atoms with Crippen LogP contribution in [0.3, 0.4) is 0 Å². The zero-order valence-corrected chi connectivity index (χ0v) is 22.2. The fraction of sp³-hybridized carbons (Fsp3) is 0.276. The number of thioether (sulfide) groups is 1. The van der Waals surface area contributed by atoms with Gasteiger partial charge in [-0.3, -0.25) is 9.36 Å². The number of benzene rings is 3. The highest BCUT2D eigenvalue weighted by Gasteiger charge is 2.23. The van der Waals surface area contributed by atoms with Crippen molar-refractivity contribution in [2.45, 2.75) is 43.8 Å². The smallest absolute Gasteiger partial charge is 0.230 e. The van der Waals surface area contributed by atoms with Gasteiger partial charge in [-0.05, 0) is 79.4 Å². The molecule has 37 heavy (non-hydrogen) atoms. The van der Waals surface area contributed by atoms with Crippen molar-refractivity contribution in [3.63, 3.8) is 0 Å². The first-order valence-electron chi connectivity index (χ1n) is 12.5. The van der Waals surface area contributed by atoms with Crippen molar-refractivity contribution in [1.29, 1.82) is 0 Å². The summed E-state index contributed by atoms with van der Waals surface area (Å²) in [5.41, 5.74) is 1.76. The van der Waals surface area contributed by atoms with Crippen LogP contribution in [0, 0.1) is 5.92 Å². The van der Waals surface area contributed by atoms with Gasteiger partial charge in [-0.25, -0.2) is 0 Å². The molecule has 0 spiro atoms. The fourth-order valence-electron chi connectivity index (χ4n) is 4.58. The van der Waals surface area contributed by atoms with Crippen LogP contribution in [-0.2, 0) is 4.79 Å². The van der Waals surface area contributed by atoms with Gasteiger partial charge in [-0.1, -0.05) is 61.3 Å².